The van der Waals surface area contributed by atoms with E-state index in [9.17, 15) is 0 Å². The second kappa shape index (κ2) is 8.70. The molecule has 6 aromatic rings. The zero-order chi connectivity index (χ0) is 29.2. The van der Waals surface area contributed by atoms with Gasteiger partial charge in [0.15, 0.2) is 0 Å². The molecule has 6 aromatic carbocycles. The van der Waals surface area contributed by atoms with E-state index in [1.807, 2.05) is 0 Å². The van der Waals surface area contributed by atoms with Gasteiger partial charge in [-0.1, -0.05) is 134 Å². The van der Waals surface area contributed by atoms with Crippen molar-refractivity contribution in [3.63, 3.8) is 0 Å². The molecule has 0 saturated carbocycles. The van der Waals surface area contributed by atoms with Gasteiger partial charge in [0.2, 0.25) is 0 Å². The molecule has 0 heteroatoms. The van der Waals surface area contributed by atoms with Gasteiger partial charge in [0.05, 0.1) is 0 Å². The lowest BCUT2D eigenvalue weighted by Crippen LogP contribution is -2.18. The Hall–Kier alpha value is -4.68. The standard InChI is InChI=1S/C44H34/c1-44(2)38-23-19-33-24-32-6-3-4-9-35(32)42(33)43(38)37-22-18-31(25-39(37)44)26-10-12-27(13-11-26)34-20-16-30-15-14-28-7-5-8-29-17-21-36(34)41(30)40(28)29/h4-5,7-18,20-22,25H,3,6,19,23-24H2,1-2H3. The van der Waals surface area contributed by atoms with Gasteiger partial charge >= 0.3 is 0 Å². The first-order valence-corrected chi connectivity index (χ1v) is 16.3. The molecule has 0 aromatic heterocycles. The molecule has 0 aliphatic heterocycles. The van der Waals surface area contributed by atoms with Crippen molar-refractivity contribution in [2.45, 2.75) is 51.4 Å². The minimum absolute atomic E-state index is 0.0581. The molecule has 0 spiro atoms. The molecule has 4 aliphatic rings. The van der Waals surface area contributed by atoms with Crippen LogP contribution in [0, 0.1) is 0 Å². The Labute approximate surface area is 259 Å². The molecule has 0 amide bonds. The predicted molar refractivity (Wildman–Crippen MR) is 187 cm³/mol. The van der Waals surface area contributed by atoms with Gasteiger partial charge in [0.25, 0.3) is 0 Å². The zero-order valence-electron chi connectivity index (χ0n) is 25.4. The highest BCUT2D eigenvalue weighted by atomic mass is 14.5. The number of rotatable bonds is 2. The lowest BCUT2D eigenvalue weighted by Gasteiger charge is -2.28. The van der Waals surface area contributed by atoms with E-state index in [4.69, 9.17) is 0 Å². The molecule has 44 heavy (non-hydrogen) atoms. The summed E-state index contributed by atoms with van der Waals surface area (Å²) in [4.78, 5) is 0. The Morgan fingerprint density at radius 1 is 0.568 bits per heavy atom. The van der Waals surface area contributed by atoms with Crippen LogP contribution in [0.3, 0.4) is 0 Å². The lowest BCUT2D eigenvalue weighted by atomic mass is 9.76. The van der Waals surface area contributed by atoms with Crippen LogP contribution in [0.4, 0.5) is 0 Å². The van der Waals surface area contributed by atoms with E-state index in [-0.39, 0.29) is 5.41 Å². The molecule has 0 bridgehead atoms. The van der Waals surface area contributed by atoms with Crippen molar-refractivity contribution in [3.05, 3.63) is 148 Å². The molecule has 4 aliphatic carbocycles. The van der Waals surface area contributed by atoms with Crippen LogP contribution < -0.4 is 0 Å². The number of allylic oxidation sites excluding steroid dienone is 8. The highest BCUT2D eigenvalue weighted by Gasteiger charge is 2.43. The van der Waals surface area contributed by atoms with Crippen LogP contribution in [0.2, 0.25) is 0 Å². The third kappa shape index (κ3) is 3.24. The Bertz CT molecular complexity index is 2330. The van der Waals surface area contributed by atoms with Gasteiger partial charge in [-0.3, -0.25) is 0 Å². The number of fused-ring (bicyclic) bond motifs is 4. The quantitative estimate of drug-likeness (QED) is 0.184. The molecule has 0 saturated heterocycles. The third-order valence-corrected chi connectivity index (χ3v) is 11.3. The summed E-state index contributed by atoms with van der Waals surface area (Å²) in [5.74, 6) is 0. The third-order valence-electron chi connectivity index (χ3n) is 11.3. The predicted octanol–water partition coefficient (Wildman–Crippen LogP) is 12.1. The topological polar surface area (TPSA) is 0 Å². The smallest absolute Gasteiger partial charge is 0.0121 e. The maximum absolute atomic E-state index is 2.50. The SMILES string of the molecule is CC1(C)C2=C(C3=C(CC2)CC2=C3C=CCC2)c2ccc(-c3ccc(-c4ccc5ccc6cccc7ccc4c5c67)cc3)cc21. The van der Waals surface area contributed by atoms with E-state index in [1.54, 1.807) is 33.4 Å². The molecule has 0 heterocycles. The first-order valence-electron chi connectivity index (χ1n) is 16.3. The summed E-state index contributed by atoms with van der Waals surface area (Å²) in [7, 11) is 0. The fourth-order valence-corrected chi connectivity index (χ4v) is 9.14. The minimum atomic E-state index is 0.0581. The number of hydrogen-bond acceptors (Lipinski definition) is 0. The highest BCUT2D eigenvalue weighted by molar-refractivity contribution is 6.25. The Morgan fingerprint density at radius 2 is 1.27 bits per heavy atom. The van der Waals surface area contributed by atoms with Crippen molar-refractivity contribution < 1.29 is 0 Å². The number of benzene rings is 6. The van der Waals surface area contributed by atoms with E-state index in [0.717, 1.165) is 0 Å². The van der Waals surface area contributed by atoms with Gasteiger partial charge in [0, 0.05) is 5.41 Å². The monoisotopic (exact) mass is 562 g/mol. The van der Waals surface area contributed by atoms with Gasteiger partial charge in [-0.05, 0) is 121 Å². The van der Waals surface area contributed by atoms with Gasteiger partial charge < -0.3 is 0 Å². The fraction of sp³-hybridized carbons (Fsp3) is 0.182. The molecule has 0 nitrogen and oxygen atoms in total. The molecule has 0 unspecified atom stereocenters. The lowest BCUT2D eigenvalue weighted by molar-refractivity contribution is 0.602. The number of hydrogen-bond donors (Lipinski definition) is 0. The van der Waals surface area contributed by atoms with Crippen LogP contribution in [0.25, 0.3) is 60.1 Å². The summed E-state index contributed by atoms with van der Waals surface area (Å²) in [5, 5.41) is 8.04. The maximum atomic E-state index is 2.50. The molecule has 210 valence electrons. The summed E-state index contributed by atoms with van der Waals surface area (Å²) >= 11 is 0. The molecule has 0 N–H and O–H groups in total. The van der Waals surface area contributed by atoms with Crippen molar-refractivity contribution in [3.8, 4) is 22.3 Å². The maximum Gasteiger partial charge on any atom is 0.0121 e. The summed E-state index contributed by atoms with van der Waals surface area (Å²) in [6.07, 6.45) is 10.9. The molecular formula is C44H34. The van der Waals surface area contributed by atoms with Crippen molar-refractivity contribution in [1.29, 1.82) is 0 Å². The zero-order valence-corrected chi connectivity index (χ0v) is 25.4. The Balaban J connectivity index is 1.05. The first-order chi connectivity index (χ1) is 21.6. The second-order valence-corrected chi connectivity index (χ2v) is 13.9. The summed E-state index contributed by atoms with van der Waals surface area (Å²) in [5.41, 5.74) is 17.9. The average molecular weight is 563 g/mol. The molecule has 0 atom stereocenters. The van der Waals surface area contributed by atoms with E-state index in [2.05, 4.69) is 123 Å². The highest BCUT2D eigenvalue weighted by Crippen LogP contribution is 2.59. The van der Waals surface area contributed by atoms with Crippen LogP contribution in [-0.2, 0) is 5.41 Å². The van der Waals surface area contributed by atoms with Crippen LogP contribution in [0.5, 0.6) is 0 Å². The molecule has 0 fully saturated rings. The van der Waals surface area contributed by atoms with E-state index in [0.29, 0.717) is 0 Å². The van der Waals surface area contributed by atoms with Crippen LogP contribution >= 0.6 is 0 Å². The van der Waals surface area contributed by atoms with E-state index < -0.39 is 0 Å². The van der Waals surface area contributed by atoms with Crippen molar-refractivity contribution in [2.24, 2.45) is 0 Å². The van der Waals surface area contributed by atoms with Gasteiger partial charge in [-0.2, -0.15) is 0 Å². The van der Waals surface area contributed by atoms with Crippen molar-refractivity contribution >= 4 is 37.9 Å². The molecule has 10 rings (SSSR count). The van der Waals surface area contributed by atoms with Crippen molar-refractivity contribution in [1.82, 2.24) is 0 Å². The van der Waals surface area contributed by atoms with Gasteiger partial charge in [0.1, 0.15) is 0 Å². The van der Waals surface area contributed by atoms with Crippen molar-refractivity contribution in [2.75, 3.05) is 0 Å². The Kier molecular flexibility index (Phi) is 4.89. The van der Waals surface area contributed by atoms with Crippen LogP contribution in [0.1, 0.15) is 57.1 Å². The Morgan fingerprint density at radius 3 is 2.11 bits per heavy atom. The van der Waals surface area contributed by atoms with Crippen LogP contribution in [-0.4, -0.2) is 0 Å². The minimum Gasteiger partial charge on any atom is -0.0836 e. The molecule has 0 radical (unpaired) electrons. The summed E-state index contributed by atoms with van der Waals surface area (Å²) < 4.78 is 0. The van der Waals surface area contributed by atoms with E-state index >= 15 is 0 Å². The summed E-state index contributed by atoms with van der Waals surface area (Å²) in [6.45, 7) is 4.92. The average Bonchev–Trinajstić information content (AvgIpc) is 3.55. The fourth-order valence-electron chi connectivity index (χ4n) is 9.14. The summed E-state index contributed by atoms with van der Waals surface area (Å²) in [6, 6.07) is 37.0. The van der Waals surface area contributed by atoms with Gasteiger partial charge in [-0.15, -0.1) is 0 Å². The normalized spacial score (nSPS) is 18.5. The van der Waals surface area contributed by atoms with Crippen LogP contribution in [0.15, 0.2) is 137 Å². The second-order valence-electron chi connectivity index (χ2n) is 13.9. The largest absolute Gasteiger partial charge is 0.0836 e. The first kappa shape index (κ1) is 24.7. The molecular weight excluding hydrogens is 528 g/mol. The van der Waals surface area contributed by atoms with E-state index in [1.165, 1.54) is 97.8 Å². The van der Waals surface area contributed by atoms with Gasteiger partial charge in [-0.25, -0.2) is 0 Å².